The first-order valence-electron chi connectivity index (χ1n) is 8.48. The van der Waals surface area contributed by atoms with Gasteiger partial charge in [0.15, 0.2) is 5.60 Å². The highest BCUT2D eigenvalue weighted by molar-refractivity contribution is 5.90. The Labute approximate surface area is 147 Å². The van der Waals surface area contributed by atoms with Crippen molar-refractivity contribution in [2.24, 2.45) is 5.92 Å². The minimum absolute atomic E-state index is 0.0834. The number of aliphatic hydroxyl groups excluding tert-OH is 1. The number of hydrogen-bond donors (Lipinski definition) is 2. The summed E-state index contributed by atoms with van der Waals surface area (Å²) in [7, 11) is 0. The molecule has 1 aliphatic heterocycles. The van der Waals surface area contributed by atoms with Crippen molar-refractivity contribution >= 4 is 11.9 Å². The van der Waals surface area contributed by atoms with Crippen LogP contribution in [0.2, 0.25) is 0 Å². The third-order valence-corrected chi connectivity index (χ3v) is 4.53. The SMILES string of the molecule is C=C1C(=O)O[C@H]2CC(CO)=CCC/C(COC(=O)C(C)(C)O)=C/C[C@H]12. The second kappa shape index (κ2) is 7.97. The van der Waals surface area contributed by atoms with Gasteiger partial charge >= 0.3 is 11.9 Å². The first kappa shape index (κ1) is 19.4. The number of aliphatic hydroxyl groups is 2. The standard InChI is InChI=1S/C19H26O6/c1-12-15-8-7-13(11-24-18(22)19(2,3)23)5-4-6-14(10-20)9-16(15)25-17(12)21/h6-7,15-16,20,23H,1,4-5,8-11H2,2-3H3/b13-7-,14-6?/t15-,16+/m1/s1. The molecule has 2 N–H and O–H groups in total. The van der Waals surface area contributed by atoms with E-state index in [-0.39, 0.29) is 25.2 Å². The van der Waals surface area contributed by atoms with Crippen molar-refractivity contribution in [2.75, 3.05) is 13.2 Å². The van der Waals surface area contributed by atoms with E-state index in [1.54, 1.807) is 0 Å². The van der Waals surface area contributed by atoms with E-state index in [0.717, 1.165) is 11.1 Å². The zero-order valence-corrected chi connectivity index (χ0v) is 14.8. The lowest BCUT2D eigenvalue weighted by molar-refractivity contribution is -0.160. The summed E-state index contributed by atoms with van der Waals surface area (Å²) >= 11 is 0. The number of ether oxygens (including phenoxy) is 2. The van der Waals surface area contributed by atoms with Gasteiger partial charge in [0.25, 0.3) is 0 Å². The largest absolute Gasteiger partial charge is 0.459 e. The van der Waals surface area contributed by atoms with Crippen molar-refractivity contribution in [1.29, 1.82) is 0 Å². The molecule has 0 saturated carbocycles. The highest BCUT2D eigenvalue weighted by Gasteiger charge is 2.38. The van der Waals surface area contributed by atoms with Gasteiger partial charge in [0.05, 0.1) is 6.61 Å². The summed E-state index contributed by atoms with van der Waals surface area (Å²) in [6.45, 7) is 6.58. The van der Waals surface area contributed by atoms with E-state index >= 15 is 0 Å². The van der Waals surface area contributed by atoms with Crippen LogP contribution in [0.1, 0.15) is 39.5 Å². The first-order chi connectivity index (χ1) is 11.7. The van der Waals surface area contributed by atoms with Crippen LogP contribution in [0.5, 0.6) is 0 Å². The smallest absolute Gasteiger partial charge is 0.337 e. The van der Waals surface area contributed by atoms with Crippen LogP contribution in [0.4, 0.5) is 0 Å². The number of esters is 2. The number of carbonyl (C=O) groups excluding carboxylic acids is 2. The molecule has 1 aliphatic carbocycles. The molecule has 0 bridgehead atoms. The lowest BCUT2D eigenvalue weighted by atomic mass is 9.87. The summed E-state index contributed by atoms with van der Waals surface area (Å²) in [5.74, 6) is -1.23. The molecule has 0 unspecified atom stereocenters. The molecular formula is C19H26O6. The first-order valence-corrected chi connectivity index (χ1v) is 8.48. The van der Waals surface area contributed by atoms with Gasteiger partial charge in [-0.1, -0.05) is 18.7 Å². The van der Waals surface area contributed by atoms with Gasteiger partial charge in [0.2, 0.25) is 0 Å². The Morgan fingerprint density at radius 1 is 1.40 bits per heavy atom. The van der Waals surface area contributed by atoms with Crippen molar-refractivity contribution in [3.63, 3.8) is 0 Å². The normalized spacial score (nSPS) is 26.9. The molecule has 1 saturated heterocycles. The van der Waals surface area contributed by atoms with Crippen LogP contribution < -0.4 is 0 Å². The van der Waals surface area contributed by atoms with Crippen LogP contribution in [-0.2, 0) is 19.1 Å². The molecule has 0 aromatic carbocycles. The maximum absolute atomic E-state index is 11.8. The average molecular weight is 350 g/mol. The number of rotatable bonds is 4. The second-order valence-electron chi connectivity index (χ2n) is 7.07. The molecule has 0 radical (unpaired) electrons. The number of allylic oxidation sites excluding steroid dienone is 2. The van der Waals surface area contributed by atoms with Gasteiger partial charge in [-0.25, -0.2) is 9.59 Å². The van der Waals surface area contributed by atoms with E-state index in [2.05, 4.69) is 6.58 Å². The quantitative estimate of drug-likeness (QED) is 0.456. The molecule has 1 fully saturated rings. The molecule has 2 rings (SSSR count). The molecule has 0 aromatic heterocycles. The van der Waals surface area contributed by atoms with E-state index in [1.165, 1.54) is 13.8 Å². The van der Waals surface area contributed by atoms with Gasteiger partial charge in [-0.15, -0.1) is 0 Å². The van der Waals surface area contributed by atoms with E-state index in [4.69, 9.17) is 9.47 Å². The minimum Gasteiger partial charge on any atom is -0.459 e. The Morgan fingerprint density at radius 3 is 2.76 bits per heavy atom. The van der Waals surface area contributed by atoms with Crippen LogP contribution in [-0.4, -0.2) is 47.1 Å². The molecule has 2 aliphatic rings. The third kappa shape index (κ3) is 5.03. The minimum atomic E-state index is -1.54. The van der Waals surface area contributed by atoms with Gasteiger partial charge in [0, 0.05) is 17.9 Å². The molecule has 1 heterocycles. The molecule has 2 atom stereocenters. The van der Waals surface area contributed by atoms with Crippen molar-refractivity contribution in [1.82, 2.24) is 0 Å². The topological polar surface area (TPSA) is 93.1 Å². The van der Waals surface area contributed by atoms with Crippen LogP contribution >= 0.6 is 0 Å². The summed E-state index contributed by atoms with van der Waals surface area (Å²) in [6.07, 6.45) is 5.98. The number of fused-ring (bicyclic) bond motifs is 1. The highest BCUT2D eigenvalue weighted by Crippen LogP contribution is 2.34. The Hall–Kier alpha value is -1.92. The van der Waals surface area contributed by atoms with Gasteiger partial charge in [-0.2, -0.15) is 0 Å². The summed E-state index contributed by atoms with van der Waals surface area (Å²) < 4.78 is 10.6. The average Bonchev–Trinajstić information content (AvgIpc) is 2.81. The molecule has 25 heavy (non-hydrogen) atoms. The van der Waals surface area contributed by atoms with Crippen molar-refractivity contribution in [2.45, 2.75) is 51.2 Å². The zero-order valence-electron chi connectivity index (χ0n) is 14.8. The number of hydrogen-bond acceptors (Lipinski definition) is 6. The molecule has 0 aromatic rings. The maximum atomic E-state index is 11.8. The Morgan fingerprint density at radius 2 is 2.12 bits per heavy atom. The summed E-state index contributed by atoms with van der Waals surface area (Å²) in [5, 5.41) is 19.2. The Kier molecular flexibility index (Phi) is 6.19. The predicted octanol–water partition coefficient (Wildman–Crippen LogP) is 1.82. The number of carbonyl (C=O) groups is 2. The summed E-state index contributed by atoms with van der Waals surface area (Å²) in [6, 6.07) is 0. The molecule has 6 heteroatoms. The maximum Gasteiger partial charge on any atom is 0.337 e. The molecule has 138 valence electrons. The monoisotopic (exact) mass is 350 g/mol. The fraction of sp³-hybridized carbons (Fsp3) is 0.579. The lowest BCUT2D eigenvalue weighted by Crippen LogP contribution is -2.33. The van der Waals surface area contributed by atoms with Gasteiger partial charge < -0.3 is 19.7 Å². The zero-order chi connectivity index (χ0) is 18.6. The van der Waals surface area contributed by atoms with Crippen LogP contribution in [0.25, 0.3) is 0 Å². The van der Waals surface area contributed by atoms with Gasteiger partial charge in [-0.3, -0.25) is 0 Å². The van der Waals surface area contributed by atoms with Crippen molar-refractivity contribution in [3.8, 4) is 0 Å². The van der Waals surface area contributed by atoms with Gasteiger partial charge in [0.1, 0.15) is 12.7 Å². The van der Waals surface area contributed by atoms with Crippen LogP contribution in [0, 0.1) is 5.92 Å². The third-order valence-electron chi connectivity index (χ3n) is 4.53. The molecule has 6 nitrogen and oxygen atoms in total. The van der Waals surface area contributed by atoms with Gasteiger partial charge in [-0.05, 0) is 44.3 Å². The van der Waals surface area contributed by atoms with E-state index in [0.29, 0.717) is 31.3 Å². The molecule has 0 amide bonds. The van der Waals surface area contributed by atoms with Crippen LogP contribution in [0.15, 0.2) is 35.5 Å². The highest BCUT2D eigenvalue weighted by atomic mass is 16.6. The Bertz CT molecular complexity index is 608. The lowest BCUT2D eigenvalue weighted by Gasteiger charge is -2.20. The molecular weight excluding hydrogens is 324 g/mol. The second-order valence-corrected chi connectivity index (χ2v) is 7.07. The van der Waals surface area contributed by atoms with Crippen LogP contribution in [0.3, 0.4) is 0 Å². The van der Waals surface area contributed by atoms with E-state index in [1.807, 2.05) is 12.2 Å². The summed E-state index contributed by atoms with van der Waals surface area (Å²) in [4.78, 5) is 23.6. The van der Waals surface area contributed by atoms with Crippen molar-refractivity contribution in [3.05, 3.63) is 35.5 Å². The summed E-state index contributed by atoms with van der Waals surface area (Å²) in [5.41, 5.74) is 0.629. The van der Waals surface area contributed by atoms with Crippen molar-refractivity contribution < 1.29 is 29.3 Å². The Balaban J connectivity index is 2.13. The predicted molar refractivity (Wildman–Crippen MR) is 91.5 cm³/mol. The molecule has 0 spiro atoms. The fourth-order valence-electron chi connectivity index (χ4n) is 2.94. The van der Waals surface area contributed by atoms with E-state index in [9.17, 15) is 19.8 Å². The van der Waals surface area contributed by atoms with E-state index < -0.39 is 17.5 Å². The fourth-order valence-corrected chi connectivity index (χ4v) is 2.94.